The fourth-order valence-corrected chi connectivity index (χ4v) is 2.27. The van der Waals surface area contributed by atoms with Crippen molar-refractivity contribution in [3.05, 3.63) is 0 Å². The molecule has 2 heterocycles. The highest BCUT2D eigenvalue weighted by atomic mass is 19.3. The van der Waals surface area contributed by atoms with Crippen LogP contribution < -0.4 is 5.73 Å². The van der Waals surface area contributed by atoms with Crippen LogP contribution in [0.15, 0.2) is 0 Å². The number of halogens is 2. The van der Waals surface area contributed by atoms with Crippen LogP contribution in [0.3, 0.4) is 0 Å². The molecular formula is C8H14F2N2. The molecule has 0 radical (unpaired) electrons. The van der Waals surface area contributed by atoms with Crippen LogP contribution >= 0.6 is 0 Å². The minimum absolute atomic E-state index is 0.434. The van der Waals surface area contributed by atoms with Gasteiger partial charge in [-0.3, -0.25) is 4.90 Å². The van der Waals surface area contributed by atoms with Crippen molar-refractivity contribution in [2.45, 2.75) is 37.3 Å². The summed E-state index contributed by atoms with van der Waals surface area (Å²) in [7, 11) is 0. The predicted molar refractivity (Wildman–Crippen MR) is 42.1 cm³/mol. The van der Waals surface area contributed by atoms with E-state index in [-0.39, 0.29) is 0 Å². The molecule has 70 valence electrons. The average molecular weight is 176 g/mol. The van der Waals surface area contributed by atoms with E-state index >= 15 is 0 Å². The fraction of sp³-hybridized carbons (Fsp3) is 1.00. The van der Waals surface area contributed by atoms with Gasteiger partial charge in [0.25, 0.3) is 5.92 Å². The van der Waals surface area contributed by atoms with E-state index in [1.165, 1.54) is 0 Å². The van der Waals surface area contributed by atoms with Gasteiger partial charge < -0.3 is 5.73 Å². The summed E-state index contributed by atoms with van der Waals surface area (Å²) in [6, 6.07) is -1.49. The number of nitrogens with two attached hydrogens (primary N) is 1. The lowest BCUT2D eigenvalue weighted by Crippen LogP contribution is -2.59. The first-order chi connectivity index (χ1) is 5.62. The van der Waals surface area contributed by atoms with Gasteiger partial charge in [0.2, 0.25) is 0 Å². The van der Waals surface area contributed by atoms with Crippen molar-refractivity contribution >= 4 is 0 Å². The molecule has 0 amide bonds. The highest BCUT2D eigenvalue weighted by Gasteiger charge is 2.52. The summed E-state index contributed by atoms with van der Waals surface area (Å²) in [5, 5.41) is 0. The lowest BCUT2D eigenvalue weighted by atomic mass is 9.94. The van der Waals surface area contributed by atoms with Crippen LogP contribution in [-0.2, 0) is 0 Å². The highest BCUT2D eigenvalue weighted by molar-refractivity contribution is 5.00. The van der Waals surface area contributed by atoms with Crippen molar-refractivity contribution in [3.8, 4) is 0 Å². The largest absolute Gasteiger partial charge is 0.323 e. The Balaban J connectivity index is 2.18. The van der Waals surface area contributed by atoms with Gasteiger partial charge in [-0.25, -0.2) is 8.78 Å². The van der Waals surface area contributed by atoms with Gasteiger partial charge in [-0.05, 0) is 25.8 Å². The Bertz CT molecular complexity index is 184. The van der Waals surface area contributed by atoms with E-state index in [1.807, 2.05) is 4.90 Å². The van der Waals surface area contributed by atoms with Crippen LogP contribution in [0.1, 0.15) is 19.3 Å². The number of alkyl halides is 2. The molecule has 0 saturated carbocycles. The highest BCUT2D eigenvalue weighted by Crippen LogP contribution is 2.37. The molecule has 4 heteroatoms. The number of hydrogen-bond donors (Lipinski definition) is 1. The van der Waals surface area contributed by atoms with E-state index in [0.29, 0.717) is 12.8 Å². The molecule has 0 aliphatic carbocycles. The van der Waals surface area contributed by atoms with Crippen LogP contribution in [0.5, 0.6) is 0 Å². The molecule has 2 aliphatic heterocycles. The van der Waals surface area contributed by atoms with Crippen molar-refractivity contribution in [2.24, 2.45) is 5.73 Å². The van der Waals surface area contributed by atoms with Crippen LogP contribution in [-0.4, -0.2) is 36.0 Å². The number of piperidine rings is 1. The van der Waals surface area contributed by atoms with E-state index < -0.39 is 18.0 Å². The minimum Gasteiger partial charge on any atom is -0.323 e. The molecule has 2 saturated heterocycles. The zero-order valence-corrected chi connectivity index (χ0v) is 6.97. The quantitative estimate of drug-likeness (QED) is 0.592. The van der Waals surface area contributed by atoms with Crippen molar-refractivity contribution in [3.63, 3.8) is 0 Å². The number of nitrogens with zero attached hydrogens (tertiary/aromatic N) is 1. The fourth-order valence-electron chi connectivity index (χ4n) is 2.27. The third-order valence-electron chi connectivity index (χ3n) is 3.03. The van der Waals surface area contributed by atoms with Crippen LogP contribution in [0, 0.1) is 0 Å². The molecule has 0 aromatic heterocycles. The monoisotopic (exact) mass is 176 g/mol. The number of rotatable bonds is 0. The lowest BCUT2D eigenvalue weighted by molar-refractivity contribution is -0.113. The summed E-state index contributed by atoms with van der Waals surface area (Å²) >= 11 is 0. The summed E-state index contributed by atoms with van der Waals surface area (Å²) in [4.78, 5) is 1.88. The Labute approximate surface area is 70.7 Å². The van der Waals surface area contributed by atoms with Gasteiger partial charge in [-0.1, -0.05) is 0 Å². The first-order valence-corrected chi connectivity index (χ1v) is 4.50. The van der Waals surface area contributed by atoms with Crippen LogP contribution in [0.4, 0.5) is 8.78 Å². The Kier molecular flexibility index (Phi) is 1.84. The minimum atomic E-state index is -2.66. The molecule has 2 aliphatic rings. The Hall–Kier alpha value is -0.220. The molecule has 2 atom stereocenters. The van der Waals surface area contributed by atoms with E-state index in [2.05, 4.69) is 0 Å². The SMILES string of the molecule is NC1CCN2CCCC2C1(F)F. The average Bonchev–Trinajstić information content (AvgIpc) is 2.46. The normalized spacial score (nSPS) is 41.2. The van der Waals surface area contributed by atoms with Crippen molar-refractivity contribution in [1.82, 2.24) is 4.90 Å². The molecule has 2 nitrogen and oxygen atoms in total. The van der Waals surface area contributed by atoms with E-state index in [1.54, 1.807) is 0 Å². The molecule has 2 N–H and O–H groups in total. The third-order valence-corrected chi connectivity index (χ3v) is 3.03. The van der Waals surface area contributed by atoms with Gasteiger partial charge >= 0.3 is 0 Å². The second-order valence-corrected chi connectivity index (χ2v) is 3.76. The molecule has 0 aromatic carbocycles. The summed E-state index contributed by atoms with van der Waals surface area (Å²) in [5.41, 5.74) is 5.39. The van der Waals surface area contributed by atoms with Gasteiger partial charge in [0.1, 0.15) is 0 Å². The molecule has 0 aromatic rings. The van der Waals surface area contributed by atoms with Crippen molar-refractivity contribution in [2.75, 3.05) is 13.1 Å². The molecule has 0 spiro atoms. The Morgan fingerprint density at radius 2 is 2.00 bits per heavy atom. The van der Waals surface area contributed by atoms with Gasteiger partial charge in [0.05, 0.1) is 12.1 Å². The Morgan fingerprint density at radius 3 is 2.75 bits per heavy atom. The summed E-state index contributed by atoms with van der Waals surface area (Å²) in [6.45, 7) is 1.58. The molecule has 2 fully saturated rings. The summed E-state index contributed by atoms with van der Waals surface area (Å²) in [5.74, 6) is -2.66. The van der Waals surface area contributed by atoms with Crippen LogP contribution in [0.25, 0.3) is 0 Å². The summed E-state index contributed by atoms with van der Waals surface area (Å²) in [6.07, 6.45) is 1.94. The zero-order valence-electron chi connectivity index (χ0n) is 6.97. The second-order valence-electron chi connectivity index (χ2n) is 3.76. The molecular weight excluding hydrogens is 162 g/mol. The van der Waals surface area contributed by atoms with E-state index in [0.717, 1.165) is 19.5 Å². The number of hydrogen-bond acceptors (Lipinski definition) is 2. The van der Waals surface area contributed by atoms with Crippen LogP contribution in [0.2, 0.25) is 0 Å². The predicted octanol–water partition coefficient (Wildman–Crippen LogP) is 0.817. The maximum Gasteiger partial charge on any atom is 0.278 e. The summed E-state index contributed by atoms with van der Waals surface area (Å²) < 4.78 is 26.8. The van der Waals surface area contributed by atoms with Crippen molar-refractivity contribution < 1.29 is 8.78 Å². The smallest absolute Gasteiger partial charge is 0.278 e. The molecule has 12 heavy (non-hydrogen) atoms. The molecule has 2 rings (SSSR count). The Morgan fingerprint density at radius 1 is 1.25 bits per heavy atom. The second kappa shape index (κ2) is 2.64. The standard InChI is InChI=1S/C8H14F2N2/c9-8(10)6(11)3-5-12-4-1-2-7(8)12/h6-7H,1-5,11H2. The zero-order chi connectivity index (χ0) is 8.77. The van der Waals surface area contributed by atoms with Crippen molar-refractivity contribution in [1.29, 1.82) is 0 Å². The molecule has 0 bridgehead atoms. The third kappa shape index (κ3) is 1.05. The lowest BCUT2D eigenvalue weighted by Gasteiger charge is -2.40. The molecule has 2 unspecified atom stereocenters. The number of fused-ring (bicyclic) bond motifs is 1. The first kappa shape index (κ1) is 8.38. The maximum absolute atomic E-state index is 13.4. The van der Waals surface area contributed by atoms with E-state index in [9.17, 15) is 8.78 Å². The van der Waals surface area contributed by atoms with E-state index in [4.69, 9.17) is 5.73 Å². The first-order valence-electron chi connectivity index (χ1n) is 4.50. The van der Waals surface area contributed by atoms with Gasteiger partial charge in [0.15, 0.2) is 0 Å². The van der Waals surface area contributed by atoms with Gasteiger partial charge in [0, 0.05) is 6.54 Å². The topological polar surface area (TPSA) is 29.3 Å². The maximum atomic E-state index is 13.4. The van der Waals surface area contributed by atoms with Gasteiger partial charge in [-0.2, -0.15) is 0 Å². The van der Waals surface area contributed by atoms with Gasteiger partial charge in [-0.15, -0.1) is 0 Å².